The van der Waals surface area contributed by atoms with E-state index in [1.165, 1.54) is 0 Å². The van der Waals surface area contributed by atoms with Gasteiger partial charge < -0.3 is 5.32 Å². The van der Waals surface area contributed by atoms with Gasteiger partial charge in [-0.15, -0.1) is 0 Å². The summed E-state index contributed by atoms with van der Waals surface area (Å²) in [7, 11) is 0. The van der Waals surface area contributed by atoms with Crippen LogP contribution in [0.15, 0.2) is 24.3 Å². The zero-order valence-corrected chi connectivity index (χ0v) is 10.3. The zero-order valence-electron chi connectivity index (χ0n) is 10.3. The van der Waals surface area contributed by atoms with Gasteiger partial charge in [-0.3, -0.25) is 10.1 Å². The molecule has 4 heteroatoms. The molecule has 0 aliphatic rings. The highest BCUT2D eigenvalue weighted by Crippen LogP contribution is 2.19. The fraction of sp³-hybridized carbons (Fsp3) is 0.385. The highest BCUT2D eigenvalue weighted by molar-refractivity contribution is 5.56. The number of aryl methyl sites for hydroxylation is 1. The van der Waals surface area contributed by atoms with E-state index in [0.717, 1.165) is 25.1 Å². The third-order valence-electron chi connectivity index (χ3n) is 2.43. The molecule has 1 aromatic carbocycles. The molecule has 0 amide bonds. The predicted molar refractivity (Wildman–Crippen MR) is 70.0 cm³/mol. The number of nitro groups is 1. The van der Waals surface area contributed by atoms with E-state index in [9.17, 15) is 10.1 Å². The maximum atomic E-state index is 10.8. The molecule has 0 atom stereocenters. The Bertz CT molecular complexity index is 414. The molecule has 0 aliphatic heterocycles. The van der Waals surface area contributed by atoms with Crippen molar-refractivity contribution in [2.24, 2.45) is 0 Å². The fourth-order valence-corrected chi connectivity index (χ4v) is 1.48. The van der Waals surface area contributed by atoms with Crippen LogP contribution in [0.2, 0.25) is 0 Å². The summed E-state index contributed by atoms with van der Waals surface area (Å²) in [5.74, 6) is 0. The normalized spacial score (nSPS) is 10.9. The molecule has 92 valence electrons. The Morgan fingerprint density at radius 2 is 2.24 bits per heavy atom. The minimum Gasteiger partial charge on any atom is -0.313 e. The van der Waals surface area contributed by atoms with E-state index in [1.54, 1.807) is 19.1 Å². The number of nitro benzene ring substituents is 1. The van der Waals surface area contributed by atoms with Crippen molar-refractivity contribution in [1.29, 1.82) is 0 Å². The Kier molecular flexibility index (Phi) is 5.36. The quantitative estimate of drug-likeness (QED) is 0.468. The van der Waals surface area contributed by atoms with Crippen molar-refractivity contribution in [2.75, 3.05) is 13.1 Å². The molecular weight excluding hydrogens is 216 g/mol. The summed E-state index contributed by atoms with van der Waals surface area (Å²) in [4.78, 5) is 10.4. The van der Waals surface area contributed by atoms with Gasteiger partial charge in [-0.2, -0.15) is 0 Å². The maximum Gasteiger partial charge on any atom is 0.272 e. The van der Waals surface area contributed by atoms with Crippen LogP contribution < -0.4 is 5.32 Å². The van der Waals surface area contributed by atoms with Gasteiger partial charge in [0.05, 0.1) is 4.92 Å². The number of hydrogen-bond acceptors (Lipinski definition) is 3. The second kappa shape index (κ2) is 6.81. The molecule has 0 bridgehead atoms. The molecule has 0 radical (unpaired) electrons. The fourth-order valence-electron chi connectivity index (χ4n) is 1.48. The number of hydrogen-bond donors (Lipinski definition) is 1. The van der Waals surface area contributed by atoms with Gasteiger partial charge in [-0.05, 0) is 25.5 Å². The Morgan fingerprint density at radius 1 is 1.47 bits per heavy atom. The largest absolute Gasteiger partial charge is 0.313 e. The van der Waals surface area contributed by atoms with Crippen molar-refractivity contribution < 1.29 is 4.92 Å². The molecular formula is C13H18N2O2. The summed E-state index contributed by atoms with van der Waals surface area (Å²) in [6.07, 6.45) is 4.98. The first-order chi connectivity index (χ1) is 8.15. The van der Waals surface area contributed by atoms with Crippen LogP contribution in [0, 0.1) is 17.0 Å². The van der Waals surface area contributed by atoms with Gasteiger partial charge in [0.2, 0.25) is 0 Å². The third kappa shape index (κ3) is 4.36. The van der Waals surface area contributed by atoms with E-state index < -0.39 is 0 Å². The van der Waals surface area contributed by atoms with Crippen molar-refractivity contribution in [3.8, 4) is 0 Å². The molecule has 0 aliphatic carbocycles. The van der Waals surface area contributed by atoms with Crippen molar-refractivity contribution in [3.63, 3.8) is 0 Å². The lowest BCUT2D eigenvalue weighted by Gasteiger charge is -1.99. The molecule has 1 rings (SSSR count). The molecule has 0 unspecified atom stereocenters. The Morgan fingerprint density at radius 3 is 2.88 bits per heavy atom. The molecule has 0 spiro atoms. The van der Waals surface area contributed by atoms with E-state index >= 15 is 0 Å². The first kappa shape index (κ1) is 13.4. The van der Waals surface area contributed by atoms with Crippen molar-refractivity contribution in [3.05, 3.63) is 45.5 Å². The minimum absolute atomic E-state index is 0.175. The average Bonchev–Trinajstić information content (AvgIpc) is 2.30. The van der Waals surface area contributed by atoms with Gasteiger partial charge >= 0.3 is 0 Å². The lowest BCUT2D eigenvalue weighted by Crippen LogP contribution is -2.13. The summed E-state index contributed by atoms with van der Waals surface area (Å²) in [6.45, 7) is 5.63. The smallest absolute Gasteiger partial charge is 0.272 e. The van der Waals surface area contributed by atoms with E-state index in [4.69, 9.17) is 0 Å². The predicted octanol–water partition coefficient (Wildman–Crippen LogP) is 2.92. The molecule has 0 heterocycles. The van der Waals surface area contributed by atoms with Gasteiger partial charge in [0.1, 0.15) is 0 Å². The van der Waals surface area contributed by atoms with Gasteiger partial charge in [0, 0.05) is 18.2 Å². The molecule has 17 heavy (non-hydrogen) atoms. The number of nitrogens with zero attached hydrogens (tertiary/aromatic N) is 1. The van der Waals surface area contributed by atoms with Crippen LogP contribution in [-0.4, -0.2) is 18.0 Å². The SMILES string of the molecule is CCCNCC=Cc1ccc(C)c([N+](=O)[O-])c1. The van der Waals surface area contributed by atoms with E-state index in [2.05, 4.69) is 12.2 Å². The molecule has 0 saturated heterocycles. The average molecular weight is 234 g/mol. The zero-order chi connectivity index (χ0) is 12.7. The van der Waals surface area contributed by atoms with Crippen LogP contribution in [0.25, 0.3) is 6.08 Å². The summed E-state index contributed by atoms with van der Waals surface area (Å²) >= 11 is 0. The van der Waals surface area contributed by atoms with Crippen molar-refractivity contribution in [2.45, 2.75) is 20.3 Å². The summed E-state index contributed by atoms with van der Waals surface area (Å²) in [6, 6.07) is 5.27. The van der Waals surface area contributed by atoms with Gasteiger partial charge in [-0.25, -0.2) is 0 Å². The van der Waals surface area contributed by atoms with Gasteiger partial charge in [0.15, 0.2) is 0 Å². The molecule has 0 fully saturated rings. The summed E-state index contributed by atoms with van der Waals surface area (Å²) in [5, 5.41) is 14.0. The maximum absolute atomic E-state index is 10.8. The van der Waals surface area contributed by atoms with Gasteiger partial charge in [-0.1, -0.05) is 31.2 Å². The van der Waals surface area contributed by atoms with E-state index in [1.807, 2.05) is 18.2 Å². The molecule has 0 saturated carbocycles. The van der Waals surface area contributed by atoms with E-state index in [0.29, 0.717) is 5.56 Å². The van der Waals surface area contributed by atoms with Crippen LogP contribution in [0.5, 0.6) is 0 Å². The Balaban J connectivity index is 2.66. The lowest BCUT2D eigenvalue weighted by molar-refractivity contribution is -0.385. The summed E-state index contributed by atoms with van der Waals surface area (Å²) < 4.78 is 0. The first-order valence-electron chi connectivity index (χ1n) is 5.77. The van der Waals surface area contributed by atoms with Gasteiger partial charge in [0.25, 0.3) is 5.69 Å². The first-order valence-corrected chi connectivity index (χ1v) is 5.77. The Hall–Kier alpha value is -1.68. The van der Waals surface area contributed by atoms with Crippen LogP contribution >= 0.6 is 0 Å². The third-order valence-corrected chi connectivity index (χ3v) is 2.43. The molecule has 4 nitrogen and oxygen atoms in total. The number of nitrogens with one attached hydrogen (secondary N) is 1. The van der Waals surface area contributed by atoms with Crippen LogP contribution in [-0.2, 0) is 0 Å². The molecule has 1 aromatic rings. The lowest BCUT2D eigenvalue weighted by atomic mass is 10.1. The second-order valence-corrected chi connectivity index (χ2v) is 3.91. The number of rotatable bonds is 6. The summed E-state index contributed by atoms with van der Waals surface area (Å²) in [5.41, 5.74) is 1.73. The standard InChI is InChI=1S/C13H18N2O2/c1-3-8-14-9-4-5-12-7-6-11(2)13(10-12)15(16)17/h4-7,10,14H,3,8-9H2,1-2H3. The van der Waals surface area contributed by atoms with E-state index in [-0.39, 0.29) is 10.6 Å². The minimum atomic E-state index is -0.345. The monoisotopic (exact) mass is 234 g/mol. The highest BCUT2D eigenvalue weighted by Gasteiger charge is 2.09. The molecule has 0 aromatic heterocycles. The van der Waals surface area contributed by atoms with Crippen molar-refractivity contribution in [1.82, 2.24) is 5.32 Å². The Labute approximate surface area is 101 Å². The topological polar surface area (TPSA) is 55.2 Å². The number of benzene rings is 1. The highest BCUT2D eigenvalue weighted by atomic mass is 16.6. The molecule has 1 N–H and O–H groups in total. The second-order valence-electron chi connectivity index (χ2n) is 3.91. The van der Waals surface area contributed by atoms with Crippen LogP contribution in [0.3, 0.4) is 0 Å². The van der Waals surface area contributed by atoms with Crippen LogP contribution in [0.1, 0.15) is 24.5 Å². The van der Waals surface area contributed by atoms with Crippen LogP contribution in [0.4, 0.5) is 5.69 Å². The van der Waals surface area contributed by atoms with Crippen molar-refractivity contribution >= 4 is 11.8 Å².